The van der Waals surface area contributed by atoms with Crippen LogP contribution in [0.2, 0.25) is 0 Å². The van der Waals surface area contributed by atoms with E-state index in [0.717, 1.165) is 17.0 Å². The molecule has 8 nitrogen and oxygen atoms in total. The summed E-state index contributed by atoms with van der Waals surface area (Å²) in [5.41, 5.74) is 3.13. The van der Waals surface area contributed by atoms with E-state index in [0.29, 0.717) is 25.1 Å². The van der Waals surface area contributed by atoms with Crippen LogP contribution in [0.25, 0.3) is 0 Å². The first-order valence-electron chi connectivity index (χ1n) is 7.86. The lowest BCUT2D eigenvalue weighted by atomic mass is 10.1. The normalized spacial score (nSPS) is 10.3. The molecule has 1 aromatic carbocycles. The van der Waals surface area contributed by atoms with Crippen molar-refractivity contribution in [2.24, 2.45) is 0 Å². The molecule has 0 aliphatic carbocycles. The third-order valence-corrected chi connectivity index (χ3v) is 3.91. The number of nitrogens with zero attached hydrogens (tertiary/aromatic N) is 4. The van der Waals surface area contributed by atoms with Crippen LogP contribution in [-0.2, 0) is 17.8 Å². The number of nitro groups is 1. The lowest BCUT2D eigenvalue weighted by Gasteiger charge is -2.06. The molecule has 0 bridgehead atoms. The fourth-order valence-corrected chi connectivity index (χ4v) is 2.63. The van der Waals surface area contributed by atoms with E-state index < -0.39 is 4.92 Å². The Labute approximate surface area is 145 Å². The van der Waals surface area contributed by atoms with Crippen molar-refractivity contribution in [3.05, 3.63) is 51.3 Å². The van der Waals surface area contributed by atoms with Crippen LogP contribution in [0.4, 0.5) is 11.4 Å². The molecule has 1 heterocycles. The maximum absolute atomic E-state index is 12.1. The van der Waals surface area contributed by atoms with E-state index in [9.17, 15) is 14.9 Å². The first-order valence-corrected chi connectivity index (χ1v) is 7.86. The molecule has 0 aliphatic rings. The van der Waals surface area contributed by atoms with Crippen molar-refractivity contribution in [1.82, 2.24) is 9.78 Å². The number of nitriles is 1. The summed E-state index contributed by atoms with van der Waals surface area (Å²) >= 11 is 0. The number of anilines is 1. The number of carbonyl (C=O) groups excluding carboxylic acids is 1. The van der Waals surface area contributed by atoms with E-state index in [1.807, 2.05) is 13.8 Å². The van der Waals surface area contributed by atoms with Crippen LogP contribution >= 0.6 is 0 Å². The van der Waals surface area contributed by atoms with Crippen molar-refractivity contribution < 1.29 is 9.72 Å². The first-order chi connectivity index (χ1) is 11.9. The summed E-state index contributed by atoms with van der Waals surface area (Å²) in [5, 5.41) is 26.5. The minimum atomic E-state index is -0.502. The molecule has 2 rings (SSSR count). The van der Waals surface area contributed by atoms with Crippen molar-refractivity contribution in [2.75, 3.05) is 5.32 Å². The lowest BCUT2D eigenvalue weighted by molar-refractivity contribution is -0.384. The monoisotopic (exact) mass is 341 g/mol. The van der Waals surface area contributed by atoms with Crippen LogP contribution in [0.1, 0.15) is 29.8 Å². The molecule has 1 N–H and O–H groups in total. The average molecular weight is 341 g/mol. The number of benzene rings is 1. The largest absolute Gasteiger partial charge is 0.326 e. The third-order valence-electron chi connectivity index (χ3n) is 3.91. The van der Waals surface area contributed by atoms with Gasteiger partial charge in [-0.15, -0.1) is 0 Å². The summed E-state index contributed by atoms with van der Waals surface area (Å²) in [6.45, 7) is 4.33. The zero-order chi connectivity index (χ0) is 18.4. The standard InChI is InChI=1S/C17H19N5O3/c1-12-16(13(2)21(20-12)10-4-9-18)7-8-17(23)19-14-5-3-6-15(11-14)22(24)25/h3,5-6,11H,4,7-8,10H2,1-2H3,(H,19,23). The van der Waals surface area contributed by atoms with Crippen molar-refractivity contribution in [2.45, 2.75) is 39.7 Å². The maximum Gasteiger partial charge on any atom is 0.271 e. The fourth-order valence-electron chi connectivity index (χ4n) is 2.63. The summed E-state index contributed by atoms with van der Waals surface area (Å²) in [4.78, 5) is 22.4. The first kappa shape index (κ1) is 18.1. The Bertz CT molecular complexity index is 835. The lowest BCUT2D eigenvalue weighted by Crippen LogP contribution is -2.13. The number of hydrogen-bond acceptors (Lipinski definition) is 5. The minimum Gasteiger partial charge on any atom is -0.326 e. The summed E-state index contributed by atoms with van der Waals surface area (Å²) in [5.74, 6) is -0.218. The van der Waals surface area contributed by atoms with E-state index in [1.165, 1.54) is 18.2 Å². The van der Waals surface area contributed by atoms with Gasteiger partial charge in [0.15, 0.2) is 0 Å². The van der Waals surface area contributed by atoms with Gasteiger partial charge in [0.2, 0.25) is 5.91 Å². The van der Waals surface area contributed by atoms with Gasteiger partial charge in [-0.1, -0.05) is 6.07 Å². The molecule has 0 fully saturated rings. The number of aryl methyl sites for hydroxylation is 2. The molecule has 1 aromatic heterocycles. The second-order valence-electron chi connectivity index (χ2n) is 5.64. The number of carbonyl (C=O) groups is 1. The number of aromatic nitrogens is 2. The van der Waals surface area contributed by atoms with Gasteiger partial charge in [-0.05, 0) is 31.9 Å². The SMILES string of the molecule is Cc1nn(CCC#N)c(C)c1CCC(=O)Nc1cccc([N+](=O)[O-])c1. The maximum atomic E-state index is 12.1. The smallest absolute Gasteiger partial charge is 0.271 e. The highest BCUT2D eigenvalue weighted by Gasteiger charge is 2.14. The molecule has 0 aliphatic heterocycles. The molecule has 1 amide bonds. The Hall–Kier alpha value is -3.21. The van der Waals surface area contributed by atoms with Crippen LogP contribution in [0.3, 0.4) is 0 Å². The van der Waals surface area contributed by atoms with Crippen molar-refractivity contribution >= 4 is 17.3 Å². The highest BCUT2D eigenvalue weighted by molar-refractivity contribution is 5.91. The molecule has 2 aromatic rings. The van der Waals surface area contributed by atoms with Crippen LogP contribution in [0.15, 0.2) is 24.3 Å². The summed E-state index contributed by atoms with van der Waals surface area (Å²) in [7, 11) is 0. The van der Waals surface area contributed by atoms with E-state index in [-0.39, 0.29) is 18.0 Å². The molecule has 130 valence electrons. The Morgan fingerprint density at radius 1 is 1.44 bits per heavy atom. The van der Waals surface area contributed by atoms with Gasteiger partial charge in [0, 0.05) is 29.9 Å². The molecule has 8 heteroatoms. The molecular weight excluding hydrogens is 322 g/mol. The molecule has 0 radical (unpaired) electrons. The van der Waals surface area contributed by atoms with Gasteiger partial charge in [0.25, 0.3) is 5.69 Å². The van der Waals surface area contributed by atoms with E-state index >= 15 is 0 Å². The number of rotatable bonds is 7. The van der Waals surface area contributed by atoms with Crippen LogP contribution in [0.5, 0.6) is 0 Å². The van der Waals surface area contributed by atoms with Gasteiger partial charge in [-0.2, -0.15) is 10.4 Å². The second kappa shape index (κ2) is 8.06. The Balaban J connectivity index is 1.98. The highest BCUT2D eigenvalue weighted by atomic mass is 16.6. The number of amides is 1. The molecule has 0 atom stereocenters. The van der Waals surface area contributed by atoms with Crippen LogP contribution in [-0.4, -0.2) is 20.6 Å². The molecule has 0 saturated heterocycles. The minimum absolute atomic E-state index is 0.0664. The van der Waals surface area contributed by atoms with Gasteiger partial charge in [0.05, 0.1) is 29.7 Å². The molecule has 0 unspecified atom stereocenters. The summed E-state index contributed by atoms with van der Waals surface area (Å²) < 4.78 is 1.78. The second-order valence-corrected chi connectivity index (χ2v) is 5.64. The number of nitro benzene ring substituents is 1. The van der Waals surface area contributed by atoms with Gasteiger partial charge in [-0.3, -0.25) is 19.6 Å². The summed E-state index contributed by atoms with van der Waals surface area (Å²) in [6, 6.07) is 7.93. The van der Waals surface area contributed by atoms with Gasteiger partial charge in [0.1, 0.15) is 0 Å². The number of hydrogen-bond donors (Lipinski definition) is 1. The van der Waals surface area contributed by atoms with Crippen LogP contribution < -0.4 is 5.32 Å². The fraction of sp³-hybridized carbons (Fsp3) is 0.353. The molecule has 25 heavy (non-hydrogen) atoms. The topological polar surface area (TPSA) is 114 Å². The van der Waals surface area contributed by atoms with E-state index in [4.69, 9.17) is 5.26 Å². The van der Waals surface area contributed by atoms with Gasteiger partial charge >= 0.3 is 0 Å². The van der Waals surface area contributed by atoms with Gasteiger partial charge in [-0.25, -0.2) is 0 Å². The predicted molar refractivity (Wildman–Crippen MR) is 92.0 cm³/mol. The van der Waals surface area contributed by atoms with E-state index in [2.05, 4.69) is 16.5 Å². The van der Waals surface area contributed by atoms with E-state index in [1.54, 1.807) is 10.7 Å². The zero-order valence-electron chi connectivity index (χ0n) is 14.2. The molecular formula is C17H19N5O3. The highest BCUT2D eigenvalue weighted by Crippen LogP contribution is 2.19. The van der Waals surface area contributed by atoms with Gasteiger partial charge < -0.3 is 5.32 Å². The number of non-ortho nitro benzene ring substituents is 1. The number of nitrogens with one attached hydrogen (secondary N) is 1. The quantitative estimate of drug-likeness (QED) is 0.614. The Morgan fingerprint density at radius 2 is 2.20 bits per heavy atom. The average Bonchev–Trinajstić information content (AvgIpc) is 2.85. The van der Waals surface area contributed by atoms with Crippen LogP contribution in [0, 0.1) is 35.3 Å². The van der Waals surface area contributed by atoms with Crippen molar-refractivity contribution in [3.63, 3.8) is 0 Å². The third kappa shape index (κ3) is 4.64. The van der Waals surface area contributed by atoms with Crippen molar-refractivity contribution in [3.8, 4) is 6.07 Å². The summed E-state index contributed by atoms with van der Waals surface area (Å²) in [6.07, 6.45) is 1.15. The van der Waals surface area contributed by atoms with Crippen molar-refractivity contribution in [1.29, 1.82) is 5.26 Å². The molecule has 0 spiro atoms. The Morgan fingerprint density at radius 3 is 2.88 bits per heavy atom. The molecule has 0 saturated carbocycles. The predicted octanol–water partition coefficient (Wildman–Crippen LogP) is 2.89. The zero-order valence-corrected chi connectivity index (χ0v) is 14.2. The Kier molecular flexibility index (Phi) is 5.84.